The summed E-state index contributed by atoms with van der Waals surface area (Å²) in [6.45, 7) is 0. The van der Waals surface area contributed by atoms with Gasteiger partial charge in [0.1, 0.15) is 0 Å². The van der Waals surface area contributed by atoms with Gasteiger partial charge in [-0.25, -0.2) is 9.97 Å². The minimum Gasteiger partial charge on any atom is -0.397 e. The molecule has 0 bridgehead atoms. The lowest BCUT2D eigenvalue weighted by Gasteiger charge is -2.07. The zero-order valence-corrected chi connectivity index (χ0v) is 10.3. The molecule has 0 spiro atoms. The van der Waals surface area contributed by atoms with Crippen LogP contribution in [0.4, 0.5) is 5.69 Å². The van der Waals surface area contributed by atoms with Gasteiger partial charge in [0.2, 0.25) is 0 Å². The predicted octanol–water partition coefficient (Wildman–Crippen LogP) is 2.76. The van der Waals surface area contributed by atoms with E-state index in [0.29, 0.717) is 10.8 Å². The number of para-hydroxylation sites is 1. The van der Waals surface area contributed by atoms with Crippen molar-refractivity contribution in [3.05, 3.63) is 48.9 Å². The normalized spacial score (nSPS) is 10.7. The van der Waals surface area contributed by atoms with E-state index in [1.807, 2.05) is 24.3 Å². The van der Waals surface area contributed by atoms with Crippen LogP contribution in [0, 0.1) is 0 Å². The van der Waals surface area contributed by atoms with Crippen LogP contribution in [0.5, 0.6) is 0 Å². The summed E-state index contributed by atoms with van der Waals surface area (Å²) in [5.74, 6) is 0. The molecule has 3 aromatic rings. The van der Waals surface area contributed by atoms with Crippen LogP contribution in [0.15, 0.2) is 59.0 Å². The van der Waals surface area contributed by atoms with E-state index in [0.717, 1.165) is 15.8 Å². The molecular formula is C13H10N4S. The molecule has 18 heavy (non-hydrogen) atoms. The number of fused-ring (bicyclic) bond motifs is 1. The Morgan fingerprint density at radius 2 is 1.72 bits per heavy atom. The first-order valence-corrected chi connectivity index (χ1v) is 6.24. The molecule has 0 aliphatic rings. The minimum atomic E-state index is 0.645. The molecule has 2 heterocycles. The molecular weight excluding hydrogens is 244 g/mol. The molecule has 0 aliphatic heterocycles. The first-order chi connectivity index (χ1) is 8.84. The number of nitrogen functional groups attached to an aromatic ring is 1. The van der Waals surface area contributed by atoms with E-state index in [1.165, 1.54) is 11.8 Å². The first-order valence-electron chi connectivity index (χ1n) is 5.43. The quantitative estimate of drug-likeness (QED) is 0.712. The van der Waals surface area contributed by atoms with Gasteiger partial charge in [0.05, 0.1) is 17.4 Å². The Hall–Kier alpha value is -2.14. The highest BCUT2D eigenvalue weighted by molar-refractivity contribution is 7.99. The van der Waals surface area contributed by atoms with E-state index < -0.39 is 0 Å². The Morgan fingerprint density at radius 3 is 2.56 bits per heavy atom. The molecule has 0 unspecified atom stereocenters. The summed E-state index contributed by atoms with van der Waals surface area (Å²) in [6.07, 6.45) is 5.11. The van der Waals surface area contributed by atoms with E-state index >= 15 is 0 Å². The van der Waals surface area contributed by atoms with E-state index in [-0.39, 0.29) is 0 Å². The Labute approximate surface area is 108 Å². The largest absolute Gasteiger partial charge is 0.397 e. The Morgan fingerprint density at radius 1 is 0.944 bits per heavy atom. The molecule has 3 rings (SSSR count). The third-order valence-electron chi connectivity index (χ3n) is 2.49. The number of aromatic nitrogens is 3. The van der Waals surface area contributed by atoms with Gasteiger partial charge in [-0.2, -0.15) is 0 Å². The average molecular weight is 254 g/mol. The molecule has 0 aliphatic carbocycles. The summed E-state index contributed by atoms with van der Waals surface area (Å²) in [7, 11) is 0. The molecule has 2 aromatic heterocycles. The third kappa shape index (κ3) is 2.00. The molecule has 0 amide bonds. The van der Waals surface area contributed by atoms with Crippen LogP contribution in [0.25, 0.3) is 10.9 Å². The highest BCUT2D eigenvalue weighted by atomic mass is 32.2. The lowest BCUT2D eigenvalue weighted by molar-refractivity contribution is 0.967. The molecule has 2 N–H and O–H groups in total. The lowest BCUT2D eigenvalue weighted by Crippen LogP contribution is -1.93. The fourth-order valence-electron chi connectivity index (χ4n) is 1.67. The van der Waals surface area contributed by atoms with Gasteiger partial charge in [-0.3, -0.25) is 4.98 Å². The molecule has 88 valence electrons. The number of nitrogens with zero attached hydrogens (tertiary/aromatic N) is 3. The maximum Gasteiger partial charge on any atom is 0.192 e. The van der Waals surface area contributed by atoms with Crippen LogP contribution < -0.4 is 5.73 Å². The molecule has 0 atom stereocenters. The fraction of sp³-hybridized carbons (Fsp3) is 0. The summed E-state index contributed by atoms with van der Waals surface area (Å²) in [5, 5.41) is 1.70. The van der Waals surface area contributed by atoms with Crippen LogP contribution in [0.3, 0.4) is 0 Å². The van der Waals surface area contributed by atoms with Gasteiger partial charge in [-0.05, 0) is 23.9 Å². The third-order valence-corrected chi connectivity index (χ3v) is 3.54. The Balaban J connectivity index is 2.13. The summed E-state index contributed by atoms with van der Waals surface area (Å²) in [4.78, 5) is 13.7. The van der Waals surface area contributed by atoms with Crippen molar-refractivity contribution in [3.63, 3.8) is 0 Å². The second kappa shape index (κ2) is 4.62. The van der Waals surface area contributed by atoms with Crippen molar-refractivity contribution in [2.75, 3.05) is 5.73 Å². The van der Waals surface area contributed by atoms with Gasteiger partial charge in [-0.1, -0.05) is 18.2 Å². The van der Waals surface area contributed by atoms with Crippen LogP contribution in [-0.4, -0.2) is 15.0 Å². The highest BCUT2D eigenvalue weighted by Gasteiger charge is 2.09. The maximum absolute atomic E-state index is 6.00. The van der Waals surface area contributed by atoms with Gasteiger partial charge < -0.3 is 5.73 Å². The number of hydrogen-bond donors (Lipinski definition) is 1. The van der Waals surface area contributed by atoms with Crippen LogP contribution in [0.1, 0.15) is 0 Å². The van der Waals surface area contributed by atoms with Crippen molar-refractivity contribution >= 4 is 28.4 Å². The fourth-order valence-corrected chi connectivity index (χ4v) is 2.54. The van der Waals surface area contributed by atoms with Crippen LogP contribution in [0.2, 0.25) is 0 Å². The molecule has 0 saturated heterocycles. The predicted molar refractivity (Wildman–Crippen MR) is 72.3 cm³/mol. The van der Waals surface area contributed by atoms with E-state index in [1.54, 1.807) is 24.7 Å². The standard InChI is InChI=1S/C13H10N4S/c14-10-8-17-11-5-2-1-4-9(11)12(10)18-13-15-6-3-7-16-13/h1-8H,14H2. The zero-order valence-electron chi connectivity index (χ0n) is 9.45. The minimum absolute atomic E-state index is 0.645. The van der Waals surface area contributed by atoms with Crippen molar-refractivity contribution < 1.29 is 0 Å². The monoisotopic (exact) mass is 254 g/mol. The van der Waals surface area contributed by atoms with Gasteiger partial charge in [0, 0.05) is 22.7 Å². The average Bonchev–Trinajstić information content (AvgIpc) is 2.43. The van der Waals surface area contributed by atoms with Gasteiger partial charge >= 0.3 is 0 Å². The number of pyridine rings is 1. The number of anilines is 1. The number of benzene rings is 1. The van der Waals surface area contributed by atoms with Crippen LogP contribution in [-0.2, 0) is 0 Å². The number of rotatable bonds is 2. The topological polar surface area (TPSA) is 64.7 Å². The molecule has 5 heteroatoms. The summed E-state index contributed by atoms with van der Waals surface area (Å²) < 4.78 is 0. The van der Waals surface area contributed by atoms with Crippen molar-refractivity contribution in [2.45, 2.75) is 10.1 Å². The molecule has 4 nitrogen and oxygen atoms in total. The van der Waals surface area contributed by atoms with Crippen molar-refractivity contribution in [1.29, 1.82) is 0 Å². The maximum atomic E-state index is 6.00. The van der Waals surface area contributed by atoms with Crippen LogP contribution >= 0.6 is 11.8 Å². The molecule has 0 radical (unpaired) electrons. The van der Waals surface area contributed by atoms with E-state index in [9.17, 15) is 0 Å². The van der Waals surface area contributed by atoms with Gasteiger partial charge in [0.25, 0.3) is 0 Å². The molecule has 0 fully saturated rings. The van der Waals surface area contributed by atoms with E-state index in [2.05, 4.69) is 15.0 Å². The number of hydrogen-bond acceptors (Lipinski definition) is 5. The molecule has 0 saturated carbocycles. The Bertz CT molecular complexity index is 685. The summed E-state index contributed by atoms with van der Waals surface area (Å²) in [5.41, 5.74) is 7.56. The first kappa shape index (κ1) is 11.0. The summed E-state index contributed by atoms with van der Waals surface area (Å²) >= 11 is 1.46. The van der Waals surface area contributed by atoms with Gasteiger partial charge in [0.15, 0.2) is 5.16 Å². The van der Waals surface area contributed by atoms with E-state index in [4.69, 9.17) is 5.73 Å². The highest BCUT2D eigenvalue weighted by Crippen LogP contribution is 2.34. The Kier molecular flexibility index (Phi) is 2.82. The van der Waals surface area contributed by atoms with Crippen molar-refractivity contribution in [2.24, 2.45) is 0 Å². The van der Waals surface area contributed by atoms with Crippen molar-refractivity contribution in [3.8, 4) is 0 Å². The van der Waals surface area contributed by atoms with Crippen molar-refractivity contribution in [1.82, 2.24) is 15.0 Å². The second-order valence-electron chi connectivity index (χ2n) is 3.69. The second-order valence-corrected chi connectivity index (χ2v) is 4.67. The summed E-state index contributed by atoms with van der Waals surface area (Å²) in [6, 6.07) is 9.69. The molecule has 1 aromatic carbocycles. The SMILES string of the molecule is Nc1cnc2ccccc2c1Sc1ncccn1. The zero-order chi connectivity index (χ0) is 12.4. The smallest absolute Gasteiger partial charge is 0.192 e. The number of nitrogens with two attached hydrogens (primary N) is 1. The van der Waals surface area contributed by atoms with Gasteiger partial charge in [-0.15, -0.1) is 0 Å². The lowest BCUT2D eigenvalue weighted by atomic mass is 10.2.